The van der Waals surface area contributed by atoms with Crippen molar-refractivity contribution in [2.45, 2.75) is 64.8 Å². The predicted octanol–water partition coefficient (Wildman–Crippen LogP) is 6.43. The molecular weight excluding hydrogens is 422 g/mol. The van der Waals surface area contributed by atoms with Crippen LogP contribution in [0, 0.1) is 13.8 Å². The molecule has 3 aromatic rings. The first-order valence-corrected chi connectivity index (χ1v) is 12.4. The Kier molecular flexibility index (Phi) is 5.05. The fraction of sp³-hybridized carbons (Fsp3) is 0.333. The van der Waals surface area contributed by atoms with Gasteiger partial charge in [-0.2, -0.15) is 0 Å². The van der Waals surface area contributed by atoms with E-state index in [0.717, 1.165) is 60.2 Å². The minimum absolute atomic E-state index is 0.127. The molecule has 0 radical (unpaired) electrons. The summed E-state index contributed by atoms with van der Waals surface area (Å²) in [5.41, 5.74) is 7.41. The van der Waals surface area contributed by atoms with Crippen LogP contribution in [0.4, 0.5) is 0 Å². The summed E-state index contributed by atoms with van der Waals surface area (Å²) >= 11 is 0. The number of aryl methyl sites for hydroxylation is 2. The monoisotopic (exact) mass is 451 g/mol. The predicted molar refractivity (Wildman–Crippen MR) is 133 cm³/mol. The largest absolute Gasteiger partial charge is 0.465 e. The molecule has 2 aliphatic carbocycles. The van der Waals surface area contributed by atoms with Crippen LogP contribution in [0.3, 0.4) is 0 Å². The molecule has 0 saturated heterocycles. The van der Waals surface area contributed by atoms with Gasteiger partial charge in [0.15, 0.2) is 11.6 Å². The molecule has 0 amide bonds. The van der Waals surface area contributed by atoms with Crippen molar-refractivity contribution in [3.63, 3.8) is 0 Å². The van der Waals surface area contributed by atoms with E-state index >= 15 is 0 Å². The number of ether oxygens (including phenoxy) is 1. The lowest BCUT2D eigenvalue weighted by atomic mass is 9.73. The van der Waals surface area contributed by atoms with Gasteiger partial charge < -0.3 is 9.30 Å². The van der Waals surface area contributed by atoms with Crippen LogP contribution in [0.5, 0.6) is 0 Å². The van der Waals surface area contributed by atoms with Gasteiger partial charge >= 0.3 is 0 Å². The van der Waals surface area contributed by atoms with Gasteiger partial charge in [0.05, 0.1) is 0 Å². The van der Waals surface area contributed by atoms with Gasteiger partial charge in [0.1, 0.15) is 11.5 Å². The number of rotatable bonds is 3. The molecule has 0 fully saturated rings. The van der Waals surface area contributed by atoms with Gasteiger partial charge in [-0.3, -0.25) is 9.59 Å². The lowest BCUT2D eigenvalue weighted by Gasteiger charge is -2.35. The second kappa shape index (κ2) is 8.12. The van der Waals surface area contributed by atoms with Crippen molar-refractivity contribution in [1.82, 2.24) is 4.57 Å². The number of allylic oxidation sites excluding steroid dienone is 4. The summed E-state index contributed by atoms with van der Waals surface area (Å²) < 4.78 is 8.51. The van der Waals surface area contributed by atoms with E-state index in [9.17, 15) is 9.59 Å². The standard InChI is InChI=1S/C30H29NO3/c1-18-13-14-20(15-19(18)2)16-31-17-22(21-7-3-4-8-23(21)31)28-29-24(32)9-5-11-26(29)34-27-12-6-10-25(33)30(27)28/h3-4,7-8,13-15,17,28H,5-6,9-12,16H2,1-2H3. The number of hydrogen-bond donors (Lipinski definition) is 0. The molecule has 1 aliphatic heterocycles. The maximum atomic E-state index is 13.2. The van der Waals surface area contributed by atoms with Gasteiger partial charge in [0.2, 0.25) is 0 Å². The molecule has 0 N–H and O–H groups in total. The first kappa shape index (κ1) is 21.2. The van der Waals surface area contributed by atoms with Gasteiger partial charge in [-0.1, -0.05) is 36.4 Å². The van der Waals surface area contributed by atoms with Crippen molar-refractivity contribution < 1.29 is 14.3 Å². The zero-order chi connectivity index (χ0) is 23.4. The maximum Gasteiger partial charge on any atom is 0.163 e. The molecule has 2 aromatic carbocycles. The van der Waals surface area contributed by atoms with Gasteiger partial charge in [-0.05, 0) is 55.0 Å². The Morgan fingerprint density at radius 1 is 0.853 bits per heavy atom. The number of nitrogens with zero attached hydrogens (tertiary/aromatic N) is 1. The summed E-state index contributed by atoms with van der Waals surface area (Å²) in [4.78, 5) is 26.4. The van der Waals surface area contributed by atoms with Crippen LogP contribution in [-0.4, -0.2) is 16.1 Å². The Bertz CT molecular complexity index is 1380. The number of Topliss-reactive ketones (excluding diaryl/α,β-unsaturated/α-hetero) is 2. The number of hydrogen-bond acceptors (Lipinski definition) is 3. The van der Waals surface area contributed by atoms with E-state index < -0.39 is 0 Å². The first-order valence-electron chi connectivity index (χ1n) is 12.4. The molecule has 4 heteroatoms. The van der Waals surface area contributed by atoms with Crippen LogP contribution in [-0.2, 0) is 20.9 Å². The van der Waals surface area contributed by atoms with Gasteiger partial charge in [0.25, 0.3) is 0 Å². The van der Waals surface area contributed by atoms with Crippen LogP contribution in [0.15, 0.2) is 71.3 Å². The van der Waals surface area contributed by atoms with Gasteiger partial charge in [0, 0.05) is 66.4 Å². The van der Waals surface area contributed by atoms with Crippen molar-refractivity contribution in [2.24, 2.45) is 0 Å². The van der Waals surface area contributed by atoms with Crippen LogP contribution in [0.25, 0.3) is 10.9 Å². The highest BCUT2D eigenvalue weighted by Gasteiger charge is 2.42. The minimum atomic E-state index is -0.328. The van der Waals surface area contributed by atoms with Crippen molar-refractivity contribution in [1.29, 1.82) is 0 Å². The zero-order valence-electron chi connectivity index (χ0n) is 19.8. The Hall–Kier alpha value is -3.40. The Morgan fingerprint density at radius 3 is 2.21 bits per heavy atom. The van der Waals surface area contributed by atoms with E-state index in [1.807, 2.05) is 6.07 Å². The Morgan fingerprint density at radius 2 is 1.53 bits per heavy atom. The van der Waals surface area contributed by atoms with Crippen LogP contribution in [0.2, 0.25) is 0 Å². The molecule has 0 atom stereocenters. The summed E-state index contributed by atoms with van der Waals surface area (Å²) in [6.07, 6.45) is 6.39. The van der Waals surface area contributed by atoms with Crippen molar-refractivity contribution in [3.05, 3.63) is 93.6 Å². The fourth-order valence-corrected chi connectivity index (χ4v) is 5.86. The second-order valence-corrected chi connectivity index (χ2v) is 9.91. The molecule has 4 nitrogen and oxygen atoms in total. The highest BCUT2D eigenvalue weighted by Crippen LogP contribution is 2.49. The molecule has 0 spiro atoms. The number of fused-ring (bicyclic) bond motifs is 1. The normalized spacial score (nSPS) is 18.9. The number of carbonyl (C=O) groups excluding carboxylic acids is 2. The lowest BCUT2D eigenvalue weighted by Crippen LogP contribution is -2.30. The van der Waals surface area contributed by atoms with Crippen LogP contribution < -0.4 is 0 Å². The molecule has 172 valence electrons. The third-order valence-electron chi connectivity index (χ3n) is 7.70. The van der Waals surface area contributed by atoms with E-state index in [-0.39, 0.29) is 17.5 Å². The van der Waals surface area contributed by atoms with Crippen LogP contribution in [0.1, 0.15) is 66.7 Å². The molecule has 1 aromatic heterocycles. The number of benzene rings is 2. The van der Waals surface area contributed by atoms with Gasteiger partial charge in [-0.25, -0.2) is 0 Å². The van der Waals surface area contributed by atoms with Crippen molar-refractivity contribution >= 4 is 22.5 Å². The third-order valence-corrected chi connectivity index (χ3v) is 7.70. The fourth-order valence-electron chi connectivity index (χ4n) is 5.86. The topological polar surface area (TPSA) is 48.3 Å². The maximum absolute atomic E-state index is 13.2. The summed E-state index contributed by atoms with van der Waals surface area (Å²) in [5, 5.41) is 1.11. The van der Waals surface area contributed by atoms with Gasteiger partial charge in [-0.15, -0.1) is 0 Å². The van der Waals surface area contributed by atoms with E-state index in [1.165, 1.54) is 16.7 Å². The van der Waals surface area contributed by atoms with Crippen molar-refractivity contribution in [3.8, 4) is 0 Å². The number of ketones is 2. The van der Waals surface area contributed by atoms with E-state index in [2.05, 4.69) is 61.0 Å². The number of para-hydroxylation sites is 1. The molecule has 0 bridgehead atoms. The van der Waals surface area contributed by atoms with Crippen LogP contribution >= 0.6 is 0 Å². The molecule has 34 heavy (non-hydrogen) atoms. The van der Waals surface area contributed by atoms with E-state index in [0.29, 0.717) is 24.0 Å². The summed E-state index contributed by atoms with van der Waals surface area (Å²) in [6, 6.07) is 15.0. The Balaban J connectivity index is 1.54. The van der Waals surface area contributed by atoms with Crippen molar-refractivity contribution in [2.75, 3.05) is 0 Å². The molecule has 0 unspecified atom stereocenters. The summed E-state index contributed by atoms with van der Waals surface area (Å²) in [7, 11) is 0. The summed E-state index contributed by atoms with van der Waals surface area (Å²) in [5.74, 6) is 1.51. The average Bonchev–Trinajstić information content (AvgIpc) is 3.19. The highest BCUT2D eigenvalue weighted by atomic mass is 16.5. The minimum Gasteiger partial charge on any atom is -0.465 e. The smallest absolute Gasteiger partial charge is 0.163 e. The zero-order valence-corrected chi connectivity index (χ0v) is 19.8. The molecule has 0 saturated carbocycles. The average molecular weight is 452 g/mol. The number of carbonyl (C=O) groups is 2. The third kappa shape index (κ3) is 3.35. The molecule has 3 aliphatic rings. The molecule has 6 rings (SSSR count). The first-order chi connectivity index (χ1) is 16.5. The second-order valence-electron chi connectivity index (χ2n) is 9.91. The summed E-state index contributed by atoms with van der Waals surface area (Å²) in [6.45, 7) is 5.02. The molecular formula is C30H29NO3. The molecule has 2 heterocycles. The highest BCUT2D eigenvalue weighted by molar-refractivity contribution is 6.07. The van der Waals surface area contributed by atoms with E-state index in [1.54, 1.807) is 0 Å². The van der Waals surface area contributed by atoms with E-state index in [4.69, 9.17) is 4.74 Å². The Labute approximate surface area is 199 Å². The quantitative estimate of drug-likeness (QED) is 0.461. The number of aromatic nitrogens is 1. The lowest BCUT2D eigenvalue weighted by molar-refractivity contribution is -0.117. The SMILES string of the molecule is Cc1ccc(Cn2cc(C3C4=C(CCCC4=O)OC4=C3C(=O)CCC4)c3ccccc32)cc1C.